The summed E-state index contributed by atoms with van der Waals surface area (Å²) in [6.07, 6.45) is 38.1. The van der Waals surface area contributed by atoms with Crippen LogP contribution in [0.1, 0.15) is 200 Å². The smallest absolute Gasteiger partial charge is 0.465 e. The lowest BCUT2D eigenvalue weighted by molar-refractivity contribution is -0.161. The highest BCUT2D eigenvalue weighted by Crippen LogP contribution is 2.14. The summed E-state index contributed by atoms with van der Waals surface area (Å²) in [6, 6.07) is 4.02. The van der Waals surface area contributed by atoms with Gasteiger partial charge < -0.3 is 33.0 Å². The summed E-state index contributed by atoms with van der Waals surface area (Å²) in [4.78, 5) is 38.1. The van der Waals surface area contributed by atoms with Gasteiger partial charge in [-0.1, -0.05) is 141 Å². The van der Waals surface area contributed by atoms with E-state index in [0.717, 1.165) is 76.4 Å². The Morgan fingerprint density at radius 3 is 1.79 bits per heavy atom. The standard InChI is InChI=1S/C52H91NO9/c1-5-8-11-14-17-18-19-20-21-22-23-24-25-26-29-35-49(54)46-57-43-48(45-62-52(56)60-42-33-39-53-38-32-34-47(53)4)44-61-50(55)36-37-51(58-40-30-27-15-12-9-6-2)59-41-31-28-16-13-10-7-3/h17-18,20-21,32,34,38,48,51H,5-16,19,22-31,33,35-37,39-46H2,1-4H3/b18-17-,21-20-. The van der Waals surface area contributed by atoms with Gasteiger partial charge in [0.15, 0.2) is 12.1 Å². The molecule has 0 spiro atoms. The van der Waals surface area contributed by atoms with Gasteiger partial charge in [0.25, 0.3) is 0 Å². The molecule has 0 amide bonds. The summed E-state index contributed by atoms with van der Waals surface area (Å²) in [6.45, 7) is 10.9. The lowest BCUT2D eigenvalue weighted by atomic mass is 10.1. The highest BCUT2D eigenvalue weighted by atomic mass is 16.7. The first-order valence-electron chi connectivity index (χ1n) is 25.1. The zero-order valence-electron chi connectivity index (χ0n) is 40.1. The maximum absolute atomic E-state index is 13.0. The summed E-state index contributed by atoms with van der Waals surface area (Å²) in [7, 11) is 0. The van der Waals surface area contributed by atoms with E-state index in [-0.39, 0.29) is 51.2 Å². The first-order chi connectivity index (χ1) is 30.4. The van der Waals surface area contributed by atoms with Gasteiger partial charge in [-0.25, -0.2) is 4.79 Å². The van der Waals surface area contributed by atoms with Crippen molar-refractivity contribution < 1.29 is 42.8 Å². The Labute approximate surface area is 378 Å². The van der Waals surface area contributed by atoms with E-state index in [4.69, 9.17) is 28.4 Å². The molecule has 0 N–H and O–H groups in total. The molecular formula is C52H91NO9. The van der Waals surface area contributed by atoms with Crippen molar-refractivity contribution in [1.82, 2.24) is 4.57 Å². The van der Waals surface area contributed by atoms with Crippen molar-refractivity contribution in [3.05, 3.63) is 48.3 Å². The fourth-order valence-corrected chi connectivity index (χ4v) is 6.99. The number of aromatic nitrogens is 1. The number of carbonyl (C=O) groups excluding carboxylic acids is 3. The minimum absolute atomic E-state index is 0.0138. The second-order valence-corrected chi connectivity index (χ2v) is 16.9. The Bertz CT molecular complexity index is 1230. The minimum Gasteiger partial charge on any atom is -0.465 e. The van der Waals surface area contributed by atoms with Crippen LogP contribution >= 0.6 is 0 Å². The molecule has 10 heteroatoms. The number of carbonyl (C=O) groups is 3. The summed E-state index contributed by atoms with van der Waals surface area (Å²) in [5.41, 5.74) is 1.14. The molecule has 1 heterocycles. The molecule has 1 atom stereocenters. The quantitative estimate of drug-likeness (QED) is 0.0274. The molecule has 0 radical (unpaired) electrons. The van der Waals surface area contributed by atoms with Gasteiger partial charge in [-0.15, -0.1) is 0 Å². The summed E-state index contributed by atoms with van der Waals surface area (Å²) in [5.74, 6) is -0.800. The number of ether oxygens (including phenoxy) is 6. The van der Waals surface area contributed by atoms with Gasteiger partial charge in [0.2, 0.25) is 0 Å². The SMILES string of the molecule is CCCCC/C=C\C/C=C\CCCCCCCC(=O)COCC(COC(=O)CCC(OCCCCCCCC)OCCCCCCCC)COC(=O)OCCCn1cccc1C. The molecule has 0 aromatic carbocycles. The first-order valence-corrected chi connectivity index (χ1v) is 25.1. The third-order valence-corrected chi connectivity index (χ3v) is 10.9. The molecule has 358 valence electrons. The van der Waals surface area contributed by atoms with E-state index in [9.17, 15) is 14.4 Å². The molecular weight excluding hydrogens is 783 g/mol. The Hall–Kier alpha value is -2.95. The second kappa shape index (κ2) is 43.3. The van der Waals surface area contributed by atoms with Crippen LogP contribution in [0.25, 0.3) is 0 Å². The van der Waals surface area contributed by atoms with Gasteiger partial charge in [0.1, 0.15) is 13.2 Å². The normalized spacial score (nSPS) is 12.2. The van der Waals surface area contributed by atoms with Crippen LogP contribution in [0.4, 0.5) is 4.79 Å². The highest BCUT2D eigenvalue weighted by Gasteiger charge is 2.19. The predicted octanol–water partition coefficient (Wildman–Crippen LogP) is 13.8. The molecule has 0 aliphatic heterocycles. The number of esters is 1. The van der Waals surface area contributed by atoms with Crippen molar-refractivity contribution in [2.45, 2.75) is 214 Å². The van der Waals surface area contributed by atoms with Gasteiger partial charge in [-0.05, 0) is 76.8 Å². The molecule has 1 aromatic heterocycles. The van der Waals surface area contributed by atoms with Crippen molar-refractivity contribution in [2.24, 2.45) is 5.92 Å². The number of hydrogen-bond acceptors (Lipinski definition) is 9. The van der Waals surface area contributed by atoms with Gasteiger partial charge in [-0.2, -0.15) is 0 Å². The van der Waals surface area contributed by atoms with E-state index in [1.807, 2.05) is 25.3 Å². The molecule has 0 saturated heterocycles. The van der Waals surface area contributed by atoms with E-state index in [0.29, 0.717) is 32.5 Å². The zero-order chi connectivity index (χ0) is 45.0. The number of ketones is 1. The lowest BCUT2D eigenvalue weighted by Gasteiger charge is -2.20. The van der Waals surface area contributed by atoms with Crippen LogP contribution in [0, 0.1) is 12.8 Å². The van der Waals surface area contributed by atoms with Gasteiger partial charge >= 0.3 is 12.1 Å². The number of nitrogens with zero attached hydrogens (tertiary/aromatic N) is 1. The van der Waals surface area contributed by atoms with Crippen LogP contribution in [0.3, 0.4) is 0 Å². The zero-order valence-corrected chi connectivity index (χ0v) is 40.1. The molecule has 62 heavy (non-hydrogen) atoms. The first kappa shape index (κ1) is 57.1. The molecule has 1 unspecified atom stereocenters. The number of Topliss-reactive ketones (excluding diaryl/α,β-unsaturated/α-hetero) is 1. The van der Waals surface area contributed by atoms with Crippen molar-refractivity contribution in [1.29, 1.82) is 0 Å². The highest BCUT2D eigenvalue weighted by molar-refractivity contribution is 5.79. The van der Waals surface area contributed by atoms with E-state index < -0.39 is 18.4 Å². The largest absolute Gasteiger partial charge is 0.508 e. The summed E-state index contributed by atoms with van der Waals surface area (Å²) >= 11 is 0. The maximum Gasteiger partial charge on any atom is 0.508 e. The maximum atomic E-state index is 13.0. The molecule has 0 fully saturated rings. The van der Waals surface area contributed by atoms with Crippen LogP contribution in [-0.4, -0.2) is 75.0 Å². The molecule has 0 aliphatic rings. The van der Waals surface area contributed by atoms with Crippen molar-refractivity contribution in [3.63, 3.8) is 0 Å². The Morgan fingerprint density at radius 1 is 0.597 bits per heavy atom. The molecule has 0 bridgehead atoms. The molecule has 0 aliphatic carbocycles. The summed E-state index contributed by atoms with van der Waals surface area (Å²) in [5, 5.41) is 0. The molecule has 1 aromatic rings. The number of hydrogen-bond donors (Lipinski definition) is 0. The Kier molecular flexibility index (Phi) is 39.9. The van der Waals surface area contributed by atoms with Crippen LogP contribution in [-0.2, 0) is 44.6 Å². The third-order valence-electron chi connectivity index (χ3n) is 10.9. The summed E-state index contributed by atoms with van der Waals surface area (Å²) < 4.78 is 36.5. The lowest BCUT2D eigenvalue weighted by Crippen LogP contribution is -2.27. The fraction of sp³-hybridized carbons (Fsp3) is 0.788. The molecule has 0 saturated carbocycles. The van der Waals surface area contributed by atoms with Gasteiger partial charge in [0, 0.05) is 44.5 Å². The molecule has 1 rings (SSSR count). The van der Waals surface area contributed by atoms with Gasteiger partial charge in [0.05, 0.1) is 32.2 Å². The van der Waals surface area contributed by atoms with Crippen molar-refractivity contribution in [3.8, 4) is 0 Å². The monoisotopic (exact) mass is 874 g/mol. The van der Waals surface area contributed by atoms with Crippen LogP contribution in [0.5, 0.6) is 0 Å². The fourth-order valence-electron chi connectivity index (χ4n) is 6.99. The average Bonchev–Trinajstić information content (AvgIpc) is 3.69. The molecule has 10 nitrogen and oxygen atoms in total. The average molecular weight is 874 g/mol. The minimum atomic E-state index is -0.782. The van der Waals surface area contributed by atoms with E-state index in [2.05, 4.69) is 49.6 Å². The van der Waals surface area contributed by atoms with Crippen LogP contribution in [0.2, 0.25) is 0 Å². The number of aryl methyl sites for hydroxylation is 2. The predicted molar refractivity (Wildman–Crippen MR) is 252 cm³/mol. The number of allylic oxidation sites excluding steroid dienone is 4. The second-order valence-electron chi connectivity index (χ2n) is 16.9. The topological polar surface area (TPSA) is 112 Å². The van der Waals surface area contributed by atoms with E-state index >= 15 is 0 Å². The van der Waals surface area contributed by atoms with Crippen LogP contribution < -0.4 is 0 Å². The van der Waals surface area contributed by atoms with E-state index in [1.54, 1.807) is 0 Å². The Balaban J connectivity index is 2.51. The number of unbranched alkanes of at least 4 members (excludes halogenated alkanes) is 18. The Morgan fingerprint density at radius 2 is 1.16 bits per heavy atom. The van der Waals surface area contributed by atoms with Gasteiger partial charge in [-0.3, -0.25) is 9.59 Å². The van der Waals surface area contributed by atoms with Crippen molar-refractivity contribution >= 4 is 17.9 Å². The van der Waals surface area contributed by atoms with E-state index in [1.165, 1.54) is 83.5 Å². The number of rotatable bonds is 45. The van der Waals surface area contributed by atoms with Crippen molar-refractivity contribution in [2.75, 3.05) is 46.2 Å². The van der Waals surface area contributed by atoms with Crippen LogP contribution in [0.15, 0.2) is 42.6 Å². The third kappa shape index (κ3) is 36.5.